The van der Waals surface area contributed by atoms with Crippen LogP contribution in [0.25, 0.3) is 16.6 Å². The van der Waals surface area contributed by atoms with Crippen LogP contribution in [0.5, 0.6) is 11.6 Å². The number of aromatic nitrogens is 2. The lowest BCUT2D eigenvalue weighted by molar-refractivity contribution is 0.135. The molecule has 0 bridgehead atoms. The van der Waals surface area contributed by atoms with Crippen LogP contribution in [-0.4, -0.2) is 41.1 Å². The van der Waals surface area contributed by atoms with Gasteiger partial charge in [0.25, 0.3) is 0 Å². The van der Waals surface area contributed by atoms with E-state index in [1.54, 1.807) is 7.11 Å². The molecule has 30 heavy (non-hydrogen) atoms. The largest absolute Gasteiger partial charge is 0.497 e. The first-order valence-corrected chi connectivity index (χ1v) is 10.6. The van der Waals surface area contributed by atoms with Crippen molar-refractivity contribution in [3.05, 3.63) is 72.4 Å². The summed E-state index contributed by atoms with van der Waals surface area (Å²) in [5.41, 5.74) is 4.33. The van der Waals surface area contributed by atoms with Gasteiger partial charge in [-0.1, -0.05) is 30.3 Å². The second kappa shape index (κ2) is 8.36. The fourth-order valence-electron chi connectivity index (χ4n) is 4.31. The number of nitrogens with zero attached hydrogens (tertiary/aromatic N) is 3. The van der Waals surface area contributed by atoms with Crippen molar-refractivity contribution in [2.75, 3.05) is 26.8 Å². The Labute approximate surface area is 176 Å². The van der Waals surface area contributed by atoms with Gasteiger partial charge in [0.2, 0.25) is 5.88 Å². The number of hydrogen-bond acceptors (Lipinski definition) is 4. The molecule has 154 valence electrons. The summed E-state index contributed by atoms with van der Waals surface area (Å²) in [6, 6.07) is 20.8. The van der Waals surface area contributed by atoms with Crippen LogP contribution in [0.1, 0.15) is 18.4 Å². The van der Waals surface area contributed by atoms with E-state index in [1.807, 2.05) is 24.3 Å². The van der Waals surface area contributed by atoms with Crippen molar-refractivity contribution in [3.63, 3.8) is 0 Å². The van der Waals surface area contributed by atoms with Gasteiger partial charge in [0.15, 0.2) is 0 Å². The fraction of sp³-hybridized carbons (Fsp3) is 0.320. The maximum Gasteiger partial charge on any atom is 0.238 e. The number of likely N-dealkylation sites (tertiary alicyclic amines) is 1. The minimum atomic E-state index is 0.565. The van der Waals surface area contributed by atoms with Gasteiger partial charge in [-0.15, -0.1) is 0 Å². The second-order valence-electron chi connectivity index (χ2n) is 8.05. The lowest BCUT2D eigenvalue weighted by Gasteiger charge is -2.31. The summed E-state index contributed by atoms with van der Waals surface area (Å²) in [6.45, 7) is 3.98. The normalized spacial score (nSPS) is 15.6. The lowest BCUT2D eigenvalue weighted by atomic mass is 9.97. The Bertz CT molecular complexity index is 1130. The molecule has 0 atom stereocenters. The van der Waals surface area contributed by atoms with Crippen molar-refractivity contribution in [3.8, 4) is 11.6 Å². The van der Waals surface area contributed by atoms with Gasteiger partial charge in [0, 0.05) is 18.8 Å². The predicted molar refractivity (Wildman–Crippen MR) is 119 cm³/mol. The maximum atomic E-state index is 6.26. The van der Waals surface area contributed by atoms with Crippen LogP contribution < -0.4 is 9.47 Å². The molecule has 1 aliphatic heterocycles. The van der Waals surface area contributed by atoms with Crippen LogP contribution in [-0.2, 0) is 6.54 Å². The smallest absolute Gasteiger partial charge is 0.238 e. The molecule has 0 amide bonds. The van der Waals surface area contributed by atoms with Crippen LogP contribution in [0.15, 0.2) is 66.9 Å². The van der Waals surface area contributed by atoms with E-state index < -0.39 is 0 Å². The molecule has 1 aliphatic rings. The first kappa shape index (κ1) is 18.9. The van der Waals surface area contributed by atoms with Gasteiger partial charge in [0.1, 0.15) is 11.3 Å². The third-order valence-electron chi connectivity index (χ3n) is 6.04. The van der Waals surface area contributed by atoms with Crippen LogP contribution in [0, 0.1) is 5.92 Å². The number of benzene rings is 2. The van der Waals surface area contributed by atoms with Gasteiger partial charge in [-0.05, 0) is 61.7 Å². The molecule has 5 heteroatoms. The summed E-state index contributed by atoms with van der Waals surface area (Å²) in [4.78, 5) is 7.35. The molecule has 4 aromatic rings. The number of rotatable bonds is 6. The average Bonchev–Trinajstić information content (AvgIpc) is 3.29. The van der Waals surface area contributed by atoms with Crippen LogP contribution >= 0.6 is 0 Å². The minimum absolute atomic E-state index is 0.565. The Morgan fingerprint density at radius 3 is 2.60 bits per heavy atom. The number of methoxy groups -OCH3 is 1. The van der Waals surface area contributed by atoms with E-state index in [4.69, 9.17) is 14.5 Å². The van der Waals surface area contributed by atoms with Gasteiger partial charge in [-0.2, -0.15) is 0 Å². The van der Waals surface area contributed by atoms with E-state index in [0.717, 1.165) is 54.8 Å². The van der Waals surface area contributed by atoms with E-state index in [-0.39, 0.29) is 0 Å². The first-order valence-electron chi connectivity index (χ1n) is 10.6. The summed E-state index contributed by atoms with van der Waals surface area (Å²) < 4.78 is 13.8. The van der Waals surface area contributed by atoms with Crippen molar-refractivity contribution in [1.29, 1.82) is 0 Å². The molecular formula is C25H27N3O2. The minimum Gasteiger partial charge on any atom is -0.497 e. The average molecular weight is 402 g/mol. The Balaban J connectivity index is 1.25. The third kappa shape index (κ3) is 3.85. The highest BCUT2D eigenvalue weighted by molar-refractivity contribution is 5.82. The van der Waals surface area contributed by atoms with Gasteiger partial charge < -0.3 is 13.9 Å². The van der Waals surface area contributed by atoms with Crippen LogP contribution in [0.2, 0.25) is 0 Å². The fourth-order valence-corrected chi connectivity index (χ4v) is 4.31. The quantitative estimate of drug-likeness (QED) is 0.466. The van der Waals surface area contributed by atoms with Crippen LogP contribution in [0.3, 0.4) is 0 Å². The Kier molecular flexibility index (Phi) is 5.28. The second-order valence-corrected chi connectivity index (χ2v) is 8.05. The maximum absolute atomic E-state index is 6.26. The summed E-state index contributed by atoms with van der Waals surface area (Å²) >= 11 is 0. The monoisotopic (exact) mass is 401 g/mol. The molecule has 0 radical (unpaired) electrons. The van der Waals surface area contributed by atoms with Gasteiger partial charge in [0.05, 0.1) is 24.8 Å². The number of piperidine rings is 1. The highest BCUT2D eigenvalue weighted by atomic mass is 16.5. The van der Waals surface area contributed by atoms with Gasteiger partial charge >= 0.3 is 0 Å². The zero-order valence-corrected chi connectivity index (χ0v) is 17.3. The van der Waals surface area contributed by atoms with E-state index in [1.165, 1.54) is 5.56 Å². The highest BCUT2D eigenvalue weighted by Crippen LogP contribution is 2.28. The third-order valence-corrected chi connectivity index (χ3v) is 6.04. The van der Waals surface area contributed by atoms with Crippen molar-refractivity contribution in [2.45, 2.75) is 19.4 Å². The van der Waals surface area contributed by atoms with E-state index in [2.05, 4.69) is 51.9 Å². The molecule has 1 fully saturated rings. The molecule has 0 aliphatic carbocycles. The highest BCUT2D eigenvalue weighted by Gasteiger charge is 2.21. The molecule has 0 spiro atoms. The molecule has 3 heterocycles. The van der Waals surface area contributed by atoms with E-state index >= 15 is 0 Å². The standard InChI is InChI=1S/C25H27N3O2/c1-29-21-9-10-23-22(16-21)26-25(24-8-5-13-28(23)24)30-18-20-11-14-27(15-12-20)17-19-6-3-2-4-7-19/h2-10,13,16,20H,11-12,14-15,17-18H2,1H3. The molecule has 1 saturated heterocycles. The Hall–Kier alpha value is -3.05. The lowest BCUT2D eigenvalue weighted by Crippen LogP contribution is -2.35. The molecule has 5 nitrogen and oxygen atoms in total. The van der Waals surface area contributed by atoms with Gasteiger partial charge in [-0.25, -0.2) is 4.98 Å². The first-order chi connectivity index (χ1) is 14.8. The Morgan fingerprint density at radius 2 is 1.80 bits per heavy atom. The summed E-state index contributed by atoms with van der Waals surface area (Å²) in [7, 11) is 1.68. The summed E-state index contributed by atoms with van der Waals surface area (Å²) in [6.07, 6.45) is 4.37. The number of ether oxygens (including phenoxy) is 2. The predicted octanol–water partition coefficient (Wildman–Crippen LogP) is 4.79. The van der Waals surface area contributed by atoms with E-state index in [0.29, 0.717) is 18.4 Å². The van der Waals surface area contributed by atoms with Crippen molar-refractivity contribution in [2.24, 2.45) is 5.92 Å². The molecule has 2 aromatic carbocycles. The van der Waals surface area contributed by atoms with E-state index in [9.17, 15) is 0 Å². The summed E-state index contributed by atoms with van der Waals surface area (Å²) in [5, 5.41) is 0. The van der Waals surface area contributed by atoms with Crippen LogP contribution in [0.4, 0.5) is 0 Å². The number of fused-ring (bicyclic) bond motifs is 3. The van der Waals surface area contributed by atoms with Crippen molar-refractivity contribution >= 4 is 16.6 Å². The molecule has 0 saturated carbocycles. The van der Waals surface area contributed by atoms with Crippen molar-refractivity contribution < 1.29 is 9.47 Å². The SMILES string of the molecule is COc1ccc2c(c1)nc(OCC1CCN(Cc3ccccc3)CC1)c1cccn12. The number of hydrogen-bond donors (Lipinski definition) is 0. The topological polar surface area (TPSA) is 39.0 Å². The molecule has 0 unspecified atom stereocenters. The zero-order valence-electron chi connectivity index (χ0n) is 17.3. The molecule has 2 aromatic heterocycles. The Morgan fingerprint density at radius 1 is 0.967 bits per heavy atom. The van der Waals surface area contributed by atoms with Gasteiger partial charge in [-0.3, -0.25) is 4.90 Å². The molecule has 5 rings (SSSR count). The molecular weight excluding hydrogens is 374 g/mol. The molecule has 0 N–H and O–H groups in total. The summed E-state index contributed by atoms with van der Waals surface area (Å²) in [5.74, 6) is 2.07. The van der Waals surface area contributed by atoms with Crippen molar-refractivity contribution in [1.82, 2.24) is 14.3 Å². The zero-order chi connectivity index (χ0) is 20.3.